The number of amides is 1. The van der Waals surface area contributed by atoms with Crippen LogP contribution < -0.4 is 0 Å². The highest BCUT2D eigenvalue weighted by Gasteiger charge is 2.58. The number of hydrogen-bond donors (Lipinski definition) is 2. The molecule has 5 nitrogen and oxygen atoms in total. The van der Waals surface area contributed by atoms with Crippen LogP contribution in [-0.4, -0.2) is 64.2 Å². The maximum absolute atomic E-state index is 13.6. The number of phenolic OH excluding ortho intramolecular Hbond substituents is 1. The lowest BCUT2D eigenvalue weighted by atomic mass is 9.55. The number of benzene rings is 2. The molecule has 2 fully saturated rings. The first kappa shape index (κ1) is 22.8. The van der Waals surface area contributed by atoms with Gasteiger partial charge in [0.15, 0.2) is 0 Å². The summed E-state index contributed by atoms with van der Waals surface area (Å²) in [6, 6.07) is 16.9. The summed E-state index contributed by atoms with van der Waals surface area (Å²) < 4.78 is 0. The third-order valence-corrected chi connectivity index (χ3v) is 7.50. The van der Waals surface area contributed by atoms with Crippen molar-refractivity contribution in [3.63, 3.8) is 0 Å². The number of nitrogens with zero attached hydrogens (tertiary/aromatic N) is 2. The molecule has 32 heavy (non-hydrogen) atoms. The van der Waals surface area contributed by atoms with Gasteiger partial charge in [-0.2, -0.15) is 0 Å². The van der Waals surface area contributed by atoms with E-state index >= 15 is 0 Å². The van der Waals surface area contributed by atoms with Crippen LogP contribution in [0.2, 0.25) is 0 Å². The Balaban J connectivity index is 1.73. The predicted molar refractivity (Wildman–Crippen MR) is 127 cm³/mol. The number of aliphatic hydroxyl groups is 1. The number of carbonyl (C=O) groups excluding carboxylic acids is 1. The summed E-state index contributed by atoms with van der Waals surface area (Å²) in [5.41, 5.74) is 0.315. The molecule has 1 saturated heterocycles. The molecule has 1 aliphatic heterocycles. The Morgan fingerprint density at radius 3 is 2.59 bits per heavy atom. The van der Waals surface area contributed by atoms with Gasteiger partial charge in [0.2, 0.25) is 0 Å². The van der Waals surface area contributed by atoms with Crippen molar-refractivity contribution in [2.24, 2.45) is 5.92 Å². The molecular weight excluding hydrogens is 400 g/mol. The van der Waals surface area contributed by atoms with E-state index in [9.17, 15) is 15.0 Å². The van der Waals surface area contributed by atoms with Crippen molar-refractivity contribution in [1.29, 1.82) is 0 Å². The minimum atomic E-state index is -0.885. The van der Waals surface area contributed by atoms with Crippen LogP contribution in [0.25, 0.3) is 0 Å². The zero-order chi connectivity index (χ0) is 22.9. The topological polar surface area (TPSA) is 64.0 Å². The molecule has 5 heteroatoms. The number of fused-ring (bicyclic) bond motifs is 1. The van der Waals surface area contributed by atoms with Gasteiger partial charge in [0, 0.05) is 30.1 Å². The summed E-state index contributed by atoms with van der Waals surface area (Å²) in [6.45, 7) is 6.45. The zero-order valence-corrected chi connectivity index (χ0v) is 19.5. The van der Waals surface area contributed by atoms with E-state index in [2.05, 4.69) is 25.8 Å². The van der Waals surface area contributed by atoms with Crippen LogP contribution in [0.5, 0.6) is 5.75 Å². The number of likely N-dealkylation sites (N-methyl/N-ethyl adjacent to an activating group) is 1. The number of carbonyl (C=O) groups is 1. The smallest absolute Gasteiger partial charge is 0.254 e. The van der Waals surface area contributed by atoms with Crippen LogP contribution >= 0.6 is 0 Å². The summed E-state index contributed by atoms with van der Waals surface area (Å²) >= 11 is 0. The third kappa shape index (κ3) is 4.16. The molecule has 2 N–H and O–H groups in total. The second kappa shape index (κ2) is 8.87. The van der Waals surface area contributed by atoms with E-state index in [0.29, 0.717) is 37.4 Å². The van der Waals surface area contributed by atoms with E-state index in [4.69, 9.17) is 0 Å². The number of piperidine rings is 1. The predicted octanol–water partition coefficient (Wildman–Crippen LogP) is 4.05. The number of phenols is 1. The van der Waals surface area contributed by atoms with Crippen LogP contribution in [-0.2, 0) is 5.41 Å². The van der Waals surface area contributed by atoms with E-state index in [0.717, 1.165) is 24.9 Å². The van der Waals surface area contributed by atoms with Crippen molar-refractivity contribution in [3.05, 3.63) is 65.7 Å². The molecule has 4 rings (SSSR count). The lowest BCUT2D eigenvalue weighted by Crippen LogP contribution is -2.67. The first-order chi connectivity index (χ1) is 15.2. The number of likely N-dealkylation sites (tertiary alicyclic amines) is 1. The third-order valence-electron chi connectivity index (χ3n) is 7.50. The largest absolute Gasteiger partial charge is 0.508 e. The van der Waals surface area contributed by atoms with Gasteiger partial charge < -0.3 is 20.0 Å². The molecule has 1 amide bonds. The maximum Gasteiger partial charge on any atom is 0.254 e. The number of aromatic hydroxyl groups is 1. The standard InChI is InChI=1S/C27H36N2O3/c1-20(2)18-29(25(31)21-8-5-4-6-9-21)23-12-13-27(32)19-28(3)15-14-26(27,17-23)22-10-7-11-24(30)16-22/h4-11,16,20,23,30,32H,12-15,17-19H2,1-3H3/t23-,26?,27?/m1/s1. The molecule has 2 aromatic rings. The fraction of sp³-hybridized carbons (Fsp3) is 0.519. The molecule has 0 bridgehead atoms. The SMILES string of the molecule is CC(C)CN(C(=O)c1ccccc1)[C@@H]1CCC2(O)CN(C)CCC2(c2cccc(O)c2)C1. The summed E-state index contributed by atoms with van der Waals surface area (Å²) in [6.07, 6.45) is 2.91. The van der Waals surface area contributed by atoms with Gasteiger partial charge in [-0.25, -0.2) is 0 Å². The second-order valence-electron chi connectivity index (χ2n) is 10.3. The molecule has 3 atom stereocenters. The summed E-state index contributed by atoms with van der Waals surface area (Å²) in [4.78, 5) is 17.8. The molecule has 0 aromatic heterocycles. The van der Waals surface area contributed by atoms with Gasteiger partial charge in [-0.15, -0.1) is 0 Å². The molecule has 0 radical (unpaired) electrons. The molecule has 1 saturated carbocycles. The molecular formula is C27H36N2O3. The van der Waals surface area contributed by atoms with Crippen molar-refractivity contribution in [3.8, 4) is 5.75 Å². The van der Waals surface area contributed by atoms with E-state index in [1.54, 1.807) is 6.07 Å². The molecule has 2 unspecified atom stereocenters. The highest BCUT2D eigenvalue weighted by Crippen LogP contribution is 2.52. The Morgan fingerprint density at radius 1 is 1.16 bits per heavy atom. The van der Waals surface area contributed by atoms with Gasteiger partial charge in [0.25, 0.3) is 5.91 Å². The number of hydrogen-bond acceptors (Lipinski definition) is 4. The van der Waals surface area contributed by atoms with Crippen LogP contribution in [0.15, 0.2) is 54.6 Å². The molecule has 2 aromatic carbocycles. The van der Waals surface area contributed by atoms with Gasteiger partial charge in [-0.1, -0.05) is 44.2 Å². The molecule has 1 heterocycles. The zero-order valence-electron chi connectivity index (χ0n) is 19.5. The molecule has 172 valence electrons. The van der Waals surface area contributed by atoms with Crippen molar-refractivity contribution in [2.75, 3.05) is 26.7 Å². The van der Waals surface area contributed by atoms with E-state index in [1.807, 2.05) is 53.4 Å². The first-order valence-corrected chi connectivity index (χ1v) is 11.8. The first-order valence-electron chi connectivity index (χ1n) is 11.8. The Morgan fingerprint density at radius 2 is 1.91 bits per heavy atom. The average Bonchev–Trinajstić information content (AvgIpc) is 2.77. The van der Waals surface area contributed by atoms with Crippen LogP contribution in [0.4, 0.5) is 0 Å². The quantitative estimate of drug-likeness (QED) is 0.742. The Kier molecular flexibility index (Phi) is 6.33. The minimum absolute atomic E-state index is 0.0381. The highest BCUT2D eigenvalue weighted by atomic mass is 16.3. The number of rotatable bonds is 5. The van der Waals surface area contributed by atoms with Gasteiger partial charge in [0.05, 0.1) is 5.60 Å². The van der Waals surface area contributed by atoms with E-state index in [-0.39, 0.29) is 17.7 Å². The summed E-state index contributed by atoms with van der Waals surface area (Å²) in [5.74, 6) is 0.631. The van der Waals surface area contributed by atoms with Crippen molar-refractivity contribution >= 4 is 5.91 Å². The Bertz CT molecular complexity index is 947. The normalized spacial score (nSPS) is 28.3. The van der Waals surface area contributed by atoms with Gasteiger partial charge in [-0.3, -0.25) is 4.79 Å². The fourth-order valence-electron chi connectivity index (χ4n) is 5.95. The molecule has 0 spiro atoms. The molecule has 2 aliphatic rings. The molecule has 1 aliphatic carbocycles. The lowest BCUT2D eigenvalue weighted by Gasteiger charge is -2.59. The maximum atomic E-state index is 13.6. The number of β-amino-alcohol motifs (C(OH)–C–C–N with tert-alkyl or cyclic N) is 1. The monoisotopic (exact) mass is 436 g/mol. The summed E-state index contributed by atoms with van der Waals surface area (Å²) in [7, 11) is 2.06. The van der Waals surface area contributed by atoms with Crippen LogP contribution in [0.3, 0.4) is 0 Å². The van der Waals surface area contributed by atoms with Crippen molar-refractivity contribution in [2.45, 2.75) is 56.6 Å². The Labute approximate surface area is 191 Å². The minimum Gasteiger partial charge on any atom is -0.508 e. The highest BCUT2D eigenvalue weighted by molar-refractivity contribution is 5.94. The van der Waals surface area contributed by atoms with Crippen LogP contribution in [0.1, 0.15) is 55.5 Å². The van der Waals surface area contributed by atoms with E-state index < -0.39 is 11.0 Å². The van der Waals surface area contributed by atoms with E-state index in [1.165, 1.54) is 0 Å². The lowest BCUT2D eigenvalue weighted by molar-refractivity contribution is -0.129. The van der Waals surface area contributed by atoms with Crippen molar-refractivity contribution in [1.82, 2.24) is 9.80 Å². The van der Waals surface area contributed by atoms with Gasteiger partial charge >= 0.3 is 0 Å². The Hall–Kier alpha value is -2.37. The van der Waals surface area contributed by atoms with Crippen LogP contribution in [0, 0.1) is 5.92 Å². The summed E-state index contributed by atoms with van der Waals surface area (Å²) in [5, 5.41) is 22.2. The fourth-order valence-corrected chi connectivity index (χ4v) is 5.95. The van der Waals surface area contributed by atoms with Crippen molar-refractivity contribution < 1.29 is 15.0 Å². The average molecular weight is 437 g/mol. The van der Waals surface area contributed by atoms with Gasteiger partial charge in [-0.05, 0) is 75.0 Å². The van der Waals surface area contributed by atoms with Gasteiger partial charge in [0.1, 0.15) is 5.75 Å². The second-order valence-corrected chi connectivity index (χ2v) is 10.3.